The lowest BCUT2D eigenvalue weighted by atomic mass is 10.2. The molecule has 0 atom stereocenters. The molecule has 3 N–H and O–H groups in total. The second kappa shape index (κ2) is 6.57. The third-order valence-electron chi connectivity index (χ3n) is 3.78. The Bertz CT molecular complexity index is 899. The van der Waals surface area contributed by atoms with Crippen molar-refractivity contribution in [2.45, 2.75) is 18.9 Å². The molecular formula is C18H16ClN5O. The molecule has 1 aromatic carbocycles. The number of pyridine rings is 1. The number of rotatable bonds is 5. The lowest BCUT2D eigenvalue weighted by Crippen LogP contribution is -2.08. The first kappa shape index (κ1) is 15.7. The van der Waals surface area contributed by atoms with Gasteiger partial charge in [-0.2, -0.15) is 4.98 Å². The van der Waals surface area contributed by atoms with E-state index in [4.69, 9.17) is 11.6 Å². The Morgan fingerprint density at radius 1 is 1.04 bits per heavy atom. The SMILES string of the molecule is Oc1ccc(Nc2cc(-c3ccccn3)nc(NC3CC3)n2)c(Cl)c1. The van der Waals surface area contributed by atoms with Crippen molar-refractivity contribution in [2.75, 3.05) is 10.6 Å². The highest BCUT2D eigenvalue weighted by Crippen LogP contribution is 2.30. The first-order chi connectivity index (χ1) is 12.2. The van der Waals surface area contributed by atoms with Crippen LogP contribution in [0.4, 0.5) is 17.5 Å². The van der Waals surface area contributed by atoms with E-state index in [2.05, 4.69) is 25.6 Å². The lowest BCUT2D eigenvalue weighted by molar-refractivity contribution is 0.475. The van der Waals surface area contributed by atoms with Crippen molar-refractivity contribution in [3.8, 4) is 17.1 Å². The molecule has 0 bridgehead atoms. The van der Waals surface area contributed by atoms with Gasteiger partial charge in [0.25, 0.3) is 0 Å². The van der Waals surface area contributed by atoms with E-state index in [1.807, 2.05) is 24.3 Å². The molecule has 3 aromatic rings. The second-order valence-electron chi connectivity index (χ2n) is 5.88. The van der Waals surface area contributed by atoms with Gasteiger partial charge in [0.15, 0.2) is 0 Å². The van der Waals surface area contributed by atoms with E-state index in [0.717, 1.165) is 24.2 Å². The highest BCUT2D eigenvalue weighted by atomic mass is 35.5. The van der Waals surface area contributed by atoms with Crippen LogP contribution in [0.2, 0.25) is 5.02 Å². The molecule has 6 nitrogen and oxygen atoms in total. The smallest absolute Gasteiger partial charge is 0.225 e. The van der Waals surface area contributed by atoms with Gasteiger partial charge in [0.2, 0.25) is 5.95 Å². The average molecular weight is 354 g/mol. The summed E-state index contributed by atoms with van der Waals surface area (Å²) >= 11 is 6.18. The fourth-order valence-corrected chi connectivity index (χ4v) is 2.60. The molecule has 0 amide bonds. The standard InChI is InChI=1S/C18H16ClN5O/c19-13-9-12(25)6-7-14(13)22-17-10-16(15-3-1-2-8-20-15)23-18(24-17)21-11-4-5-11/h1-3,6-11,25H,4-5H2,(H2,21,22,23,24). The van der Waals surface area contributed by atoms with Crippen molar-refractivity contribution >= 4 is 29.1 Å². The van der Waals surface area contributed by atoms with Crippen LogP contribution in [0.3, 0.4) is 0 Å². The minimum Gasteiger partial charge on any atom is -0.508 e. The lowest BCUT2D eigenvalue weighted by Gasteiger charge is -2.12. The fraction of sp³-hybridized carbons (Fsp3) is 0.167. The molecule has 0 saturated heterocycles. The highest BCUT2D eigenvalue weighted by molar-refractivity contribution is 6.33. The van der Waals surface area contributed by atoms with Gasteiger partial charge in [0.1, 0.15) is 11.6 Å². The van der Waals surface area contributed by atoms with Gasteiger partial charge in [-0.25, -0.2) is 4.98 Å². The summed E-state index contributed by atoms with van der Waals surface area (Å²) in [6.07, 6.45) is 3.99. The molecule has 7 heteroatoms. The van der Waals surface area contributed by atoms with Crippen molar-refractivity contribution in [2.24, 2.45) is 0 Å². The van der Waals surface area contributed by atoms with Crippen molar-refractivity contribution < 1.29 is 5.11 Å². The van der Waals surface area contributed by atoms with Crippen LogP contribution in [0.15, 0.2) is 48.7 Å². The number of nitrogens with zero attached hydrogens (tertiary/aromatic N) is 3. The fourth-order valence-electron chi connectivity index (χ4n) is 2.37. The highest BCUT2D eigenvalue weighted by Gasteiger charge is 2.22. The van der Waals surface area contributed by atoms with E-state index in [0.29, 0.717) is 28.5 Å². The summed E-state index contributed by atoms with van der Waals surface area (Å²) in [5, 5.41) is 16.4. The first-order valence-electron chi connectivity index (χ1n) is 8.00. The predicted octanol–water partition coefficient (Wildman–Crippen LogP) is 4.22. The Kier molecular flexibility index (Phi) is 4.11. The predicted molar refractivity (Wildman–Crippen MR) is 98.3 cm³/mol. The maximum Gasteiger partial charge on any atom is 0.225 e. The zero-order valence-electron chi connectivity index (χ0n) is 13.3. The number of nitrogens with one attached hydrogen (secondary N) is 2. The molecule has 1 fully saturated rings. The first-order valence-corrected chi connectivity index (χ1v) is 8.38. The van der Waals surface area contributed by atoms with Crippen LogP contribution in [0.5, 0.6) is 5.75 Å². The average Bonchev–Trinajstić information content (AvgIpc) is 3.42. The quantitative estimate of drug-likeness (QED) is 0.596. The van der Waals surface area contributed by atoms with Crippen molar-refractivity contribution in [3.63, 3.8) is 0 Å². The van der Waals surface area contributed by atoms with Gasteiger partial charge >= 0.3 is 0 Å². The van der Waals surface area contributed by atoms with Gasteiger partial charge in [-0.15, -0.1) is 0 Å². The third kappa shape index (κ3) is 3.80. The minimum atomic E-state index is 0.114. The molecule has 4 rings (SSSR count). The Morgan fingerprint density at radius 2 is 1.92 bits per heavy atom. The Hall–Kier alpha value is -2.86. The minimum absolute atomic E-state index is 0.114. The molecule has 0 radical (unpaired) electrons. The summed E-state index contributed by atoms with van der Waals surface area (Å²) in [5.41, 5.74) is 2.14. The molecule has 2 aromatic heterocycles. The van der Waals surface area contributed by atoms with E-state index < -0.39 is 0 Å². The number of anilines is 3. The summed E-state index contributed by atoms with van der Waals surface area (Å²) in [4.78, 5) is 13.4. The van der Waals surface area contributed by atoms with Crippen LogP contribution in [-0.2, 0) is 0 Å². The molecular weight excluding hydrogens is 338 g/mol. The van der Waals surface area contributed by atoms with E-state index in [1.165, 1.54) is 6.07 Å². The number of phenols is 1. The molecule has 0 spiro atoms. The topological polar surface area (TPSA) is 83.0 Å². The zero-order chi connectivity index (χ0) is 17.2. The monoisotopic (exact) mass is 353 g/mol. The molecule has 0 aliphatic heterocycles. The normalized spacial score (nSPS) is 13.5. The summed E-state index contributed by atoms with van der Waals surface area (Å²) in [7, 11) is 0. The number of aromatic hydroxyl groups is 1. The van der Waals surface area contributed by atoms with Gasteiger partial charge in [0, 0.05) is 24.4 Å². The summed E-state index contributed by atoms with van der Waals surface area (Å²) in [6.45, 7) is 0. The van der Waals surface area contributed by atoms with Crippen LogP contribution in [0.1, 0.15) is 12.8 Å². The molecule has 0 unspecified atom stereocenters. The van der Waals surface area contributed by atoms with E-state index in [9.17, 15) is 5.11 Å². The number of phenolic OH excluding ortho intramolecular Hbond substituents is 1. The third-order valence-corrected chi connectivity index (χ3v) is 4.09. The number of halogens is 1. The van der Waals surface area contributed by atoms with Crippen LogP contribution in [0, 0.1) is 0 Å². The molecule has 2 heterocycles. The van der Waals surface area contributed by atoms with E-state index >= 15 is 0 Å². The van der Waals surface area contributed by atoms with Gasteiger partial charge in [0.05, 0.1) is 22.1 Å². The van der Waals surface area contributed by atoms with Gasteiger partial charge in [-0.3, -0.25) is 4.98 Å². The molecule has 1 aliphatic rings. The zero-order valence-corrected chi connectivity index (χ0v) is 14.0. The van der Waals surface area contributed by atoms with Gasteiger partial charge < -0.3 is 15.7 Å². The van der Waals surface area contributed by atoms with Crippen LogP contribution in [0.25, 0.3) is 11.4 Å². The Labute approximate surface area is 149 Å². The number of hydrogen-bond acceptors (Lipinski definition) is 6. The van der Waals surface area contributed by atoms with E-state index in [-0.39, 0.29) is 5.75 Å². The largest absolute Gasteiger partial charge is 0.508 e. The van der Waals surface area contributed by atoms with Crippen LogP contribution < -0.4 is 10.6 Å². The molecule has 1 aliphatic carbocycles. The molecule has 126 valence electrons. The van der Waals surface area contributed by atoms with Gasteiger partial charge in [-0.1, -0.05) is 17.7 Å². The Morgan fingerprint density at radius 3 is 2.64 bits per heavy atom. The second-order valence-corrected chi connectivity index (χ2v) is 6.29. The maximum atomic E-state index is 9.49. The van der Waals surface area contributed by atoms with Crippen molar-refractivity contribution in [3.05, 3.63) is 53.7 Å². The number of hydrogen-bond donors (Lipinski definition) is 3. The van der Waals surface area contributed by atoms with Crippen molar-refractivity contribution in [1.29, 1.82) is 0 Å². The van der Waals surface area contributed by atoms with Crippen LogP contribution in [-0.4, -0.2) is 26.1 Å². The maximum absolute atomic E-state index is 9.49. The summed E-state index contributed by atoms with van der Waals surface area (Å²) < 4.78 is 0. The van der Waals surface area contributed by atoms with Gasteiger partial charge in [-0.05, 0) is 37.1 Å². The summed E-state index contributed by atoms with van der Waals surface area (Å²) in [6, 6.07) is 12.7. The molecule has 25 heavy (non-hydrogen) atoms. The summed E-state index contributed by atoms with van der Waals surface area (Å²) in [5.74, 6) is 1.28. The van der Waals surface area contributed by atoms with Crippen molar-refractivity contribution in [1.82, 2.24) is 15.0 Å². The van der Waals surface area contributed by atoms with E-state index in [1.54, 1.807) is 18.3 Å². The number of aromatic nitrogens is 3. The van der Waals surface area contributed by atoms with Crippen LogP contribution >= 0.6 is 11.6 Å². The number of benzene rings is 1. The molecule has 1 saturated carbocycles. The Balaban J connectivity index is 1.70.